The zero-order valence-electron chi connectivity index (χ0n) is 10.7. The van der Waals surface area contributed by atoms with Crippen molar-refractivity contribution in [2.75, 3.05) is 7.11 Å². The van der Waals surface area contributed by atoms with Crippen LogP contribution >= 0.6 is 15.9 Å². The summed E-state index contributed by atoms with van der Waals surface area (Å²) in [6.45, 7) is 0. The van der Waals surface area contributed by atoms with Gasteiger partial charge in [0.2, 0.25) is 0 Å². The van der Waals surface area contributed by atoms with Gasteiger partial charge in [0, 0.05) is 15.6 Å². The standard InChI is InChI=1S/C14H13BrF2N2O/c1-20-12-5-3-2-4-9(12)14(19-18)13-10(16)6-8(15)7-11(13)17/h2-7,14,19H,18H2,1H3. The lowest BCUT2D eigenvalue weighted by Gasteiger charge is -2.20. The maximum Gasteiger partial charge on any atom is 0.132 e. The van der Waals surface area contributed by atoms with Crippen LogP contribution in [0.5, 0.6) is 5.75 Å². The van der Waals surface area contributed by atoms with E-state index in [0.717, 1.165) is 0 Å². The molecular weight excluding hydrogens is 330 g/mol. The molecule has 1 unspecified atom stereocenters. The third-order valence-electron chi connectivity index (χ3n) is 2.95. The third-order valence-corrected chi connectivity index (χ3v) is 3.41. The Morgan fingerprint density at radius 3 is 2.35 bits per heavy atom. The summed E-state index contributed by atoms with van der Waals surface area (Å²) in [5.74, 6) is 4.60. The normalized spacial score (nSPS) is 12.2. The van der Waals surface area contributed by atoms with Gasteiger partial charge in [0.1, 0.15) is 17.4 Å². The molecule has 3 nitrogen and oxygen atoms in total. The number of hydrogen-bond acceptors (Lipinski definition) is 3. The average molecular weight is 343 g/mol. The van der Waals surface area contributed by atoms with E-state index in [1.165, 1.54) is 19.2 Å². The highest BCUT2D eigenvalue weighted by molar-refractivity contribution is 9.10. The molecule has 2 aromatic rings. The molecule has 3 N–H and O–H groups in total. The summed E-state index contributed by atoms with van der Waals surface area (Å²) in [5.41, 5.74) is 2.84. The minimum Gasteiger partial charge on any atom is -0.496 e. The lowest BCUT2D eigenvalue weighted by atomic mass is 9.97. The van der Waals surface area contributed by atoms with Crippen LogP contribution in [0.15, 0.2) is 40.9 Å². The van der Waals surface area contributed by atoms with Gasteiger partial charge in [-0.05, 0) is 18.2 Å². The molecule has 0 fully saturated rings. The summed E-state index contributed by atoms with van der Waals surface area (Å²) in [4.78, 5) is 0. The first-order valence-electron chi connectivity index (χ1n) is 5.82. The minimum absolute atomic E-state index is 0.153. The molecule has 2 aromatic carbocycles. The number of methoxy groups -OCH3 is 1. The van der Waals surface area contributed by atoms with Crippen LogP contribution in [-0.2, 0) is 0 Å². The molecule has 0 spiro atoms. The van der Waals surface area contributed by atoms with E-state index in [0.29, 0.717) is 15.8 Å². The number of ether oxygens (including phenoxy) is 1. The first kappa shape index (κ1) is 14.9. The van der Waals surface area contributed by atoms with Crippen molar-refractivity contribution in [2.24, 2.45) is 5.84 Å². The number of nitrogens with two attached hydrogens (primary N) is 1. The molecule has 0 amide bonds. The maximum absolute atomic E-state index is 14.1. The van der Waals surface area contributed by atoms with Crippen molar-refractivity contribution in [3.8, 4) is 5.75 Å². The molecule has 0 aliphatic heterocycles. The van der Waals surface area contributed by atoms with E-state index in [1.807, 2.05) is 0 Å². The highest BCUT2D eigenvalue weighted by Gasteiger charge is 2.24. The highest BCUT2D eigenvalue weighted by Crippen LogP contribution is 2.33. The Hall–Kier alpha value is -1.50. The Morgan fingerprint density at radius 1 is 1.20 bits per heavy atom. The molecule has 106 valence electrons. The second-order valence-electron chi connectivity index (χ2n) is 4.12. The van der Waals surface area contributed by atoms with Crippen molar-refractivity contribution in [3.63, 3.8) is 0 Å². The van der Waals surface area contributed by atoms with Crippen molar-refractivity contribution < 1.29 is 13.5 Å². The molecule has 1 atom stereocenters. The predicted octanol–water partition coefficient (Wildman–Crippen LogP) is 3.29. The molecule has 0 saturated heterocycles. The first-order valence-corrected chi connectivity index (χ1v) is 6.61. The fourth-order valence-electron chi connectivity index (χ4n) is 2.06. The number of nitrogens with one attached hydrogen (secondary N) is 1. The van der Waals surface area contributed by atoms with Crippen molar-refractivity contribution >= 4 is 15.9 Å². The van der Waals surface area contributed by atoms with Crippen molar-refractivity contribution in [2.45, 2.75) is 6.04 Å². The van der Waals surface area contributed by atoms with E-state index in [1.54, 1.807) is 24.3 Å². The summed E-state index contributed by atoms with van der Waals surface area (Å²) in [6, 6.07) is 8.45. The molecule has 6 heteroatoms. The van der Waals surface area contributed by atoms with Crippen LogP contribution in [0, 0.1) is 11.6 Å². The Morgan fingerprint density at radius 2 is 1.80 bits per heavy atom. The number of hydrogen-bond donors (Lipinski definition) is 2. The lowest BCUT2D eigenvalue weighted by molar-refractivity contribution is 0.401. The maximum atomic E-state index is 14.1. The van der Waals surface area contributed by atoms with Gasteiger partial charge in [-0.1, -0.05) is 34.1 Å². The van der Waals surface area contributed by atoms with Crippen LogP contribution in [0.1, 0.15) is 17.2 Å². The van der Waals surface area contributed by atoms with Crippen LogP contribution < -0.4 is 16.0 Å². The molecule has 0 aromatic heterocycles. The molecule has 0 aliphatic rings. The van der Waals surface area contributed by atoms with E-state index in [2.05, 4.69) is 21.4 Å². The van der Waals surface area contributed by atoms with Gasteiger partial charge < -0.3 is 4.74 Å². The SMILES string of the molecule is COc1ccccc1C(NN)c1c(F)cc(Br)cc1F. The summed E-state index contributed by atoms with van der Waals surface area (Å²) < 4.78 is 33.7. The fourth-order valence-corrected chi connectivity index (χ4v) is 2.46. The molecule has 0 saturated carbocycles. The Kier molecular flexibility index (Phi) is 4.69. The summed E-state index contributed by atoms with van der Waals surface area (Å²) in [7, 11) is 1.49. The van der Waals surface area contributed by atoms with Gasteiger partial charge in [-0.15, -0.1) is 0 Å². The summed E-state index contributed by atoms with van der Waals surface area (Å²) >= 11 is 3.05. The quantitative estimate of drug-likeness (QED) is 0.662. The number of halogens is 3. The Balaban J connectivity index is 2.59. The molecular formula is C14H13BrF2N2O. The van der Waals surface area contributed by atoms with Crippen molar-refractivity contribution in [1.82, 2.24) is 5.43 Å². The van der Waals surface area contributed by atoms with Gasteiger partial charge in [0.15, 0.2) is 0 Å². The van der Waals surface area contributed by atoms with E-state index < -0.39 is 17.7 Å². The van der Waals surface area contributed by atoms with Gasteiger partial charge in [-0.25, -0.2) is 14.2 Å². The molecule has 0 heterocycles. The summed E-state index contributed by atoms with van der Waals surface area (Å²) in [5, 5.41) is 0. The van der Waals surface area contributed by atoms with Gasteiger partial charge in [-0.3, -0.25) is 5.84 Å². The molecule has 0 bridgehead atoms. The van der Waals surface area contributed by atoms with Crippen molar-refractivity contribution in [1.29, 1.82) is 0 Å². The Labute approximate surface area is 123 Å². The van der Waals surface area contributed by atoms with E-state index >= 15 is 0 Å². The van der Waals surface area contributed by atoms with Gasteiger partial charge in [0.05, 0.1) is 13.2 Å². The van der Waals surface area contributed by atoms with Crippen LogP contribution in [0.3, 0.4) is 0 Å². The number of hydrazine groups is 1. The van der Waals surface area contributed by atoms with E-state index in [-0.39, 0.29) is 5.56 Å². The third kappa shape index (κ3) is 2.82. The Bertz CT molecular complexity index is 599. The molecule has 0 aliphatic carbocycles. The molecule has 0 radical (unpaired) electrons. The highest BCUT2D eigenvalue weighted by atomic mass is 79.9. The van der Waals surface area contributed by atoms with Gasteiger partial charge >= 0.3 is 0 Å². The van der Waals surface area contributed by atoms with Crippen LogP contribution in [0.4, 0.5) is 8.78 Å². The zero-order valence-corrected chi connectivity index (χ0v) is 12.2. The number of para-hydroxylation sites is 1. The minimum atomic E-state index is -0.848. The van der Waals surface area contributed by atoms with Crippen LogP contribution in [0.25, 0.3) is 0 Å². The fraction of sp³-hybridized carbons (Fsp3) is 0.143. The largest absolute Gasteiger partial charge is 0.496 e. The second kappa shape index (κ2) is 6.30. The monoisotopic (exact) mass is 342 g/mol. The van der Waals surface area contributed by atoms with Crippen LogP contribution in [-0.4, -0.2) is 7.11 Å². The zero-order chi connectivity index (χ0) is 14.7. The van der Waals surface area contributed by atoms with Gasteiger partial charge in [0.25, 0.3) is 0 Å². The van der Waals surface area contributed by atoms with E-state index in [4.69, 9.17) is 10.6 Å². The first-order chi connectivity index (χ1) is 9.58. The predicted molar refractivity (Wildman–Crippen MR) is 76.2 cm³/mol. The van der Waals surface area contributed by atoms with Crippen molar-refractivity contribution in [3.05, 3.63) is 63.6 Å². The smallest absolute Gasteiger partial charge is 0.132 e. The number of benzene rings is 2. The van der Waals surface area contributed by atoms with E-state index in [9.17, 15) is 8.78 Å². The number of rotatable bonds is 4. The summed E-state index contributed by atoms with van der Waals surface area (Å²) in [6.07, 6.45) is 0. The lowest BCUT2D eigenvalue weighted by Crippen LogP contribution is -2.30. The molecule has 2 rings (SSSR count). The second-order valence-corrected chi connectivity index (χ2v) is 5.04. The average Bonchev–Trinajstić information content (AvgIpc) is 2.42. The topological polar surface area (TPSA) is 47.3 Å². The van der Waals surface area contributed by atoms with Gasteiger partial charge in [-0.2, -0.15) is 0 Å². The van der Waals surface area contributed by atoms with Crippen LogP contribution in [0.2, 0.25) is 0 Å². The molecule has 20 heavy (non-hydrogen) atoms.